The molecule has 2 aromatic rings. The second-order valence-electron chi connectivity index (χ2n) is 6.68. The average Bonchev–Trinajstić information content (AvgIpc) is 3.44. The van der Waals surface area contributed by atoms with Gasteiger partial charge >= 0.3 is 0 Å². The minimum atomic E-state index is 0.0350. The number of anilines is 1. The molecule has 8 nitrogen and oxygen atoms in total. The first-order valence-electron chi connectivity index (χ1n) is 8.93. The maximum absolute atomic E-state index is 7.93. The van der Waals surface area contributed by atoms with E-state index in [4.69, 9.17) is 15.9 Å². The Kier molecular flexibility index (Phi) is 4.77. The van der Waals surface area contributed by atoms with E-state index in [1.165, 1.54) is 0 Å². The van der Waals surface area contributed by atoms with E-state index < -0.39 is 0 Å². The first-order valence-corrected chi connectivity index (χ1v) is 8.93. The fourth-order valence-electron chi connectivity index (χ4n) is 2.99. The third-order valence-electron chi connectivity index (χ3n) is 4.69. The summed E-state index contributed by atoms with van der Waals surface area (Å²) in [5, 5.41) is 7.93. The maximum atomic E-state index is 7.93. The number of H-pyrrole nitrogens is 1. The van der Waals surface area contributed by atoms with Crippen molar-refractivity contribution in [2.75, 3.05) is 31.1 Å². The lowest BCUT2D eigenvalue weighted by Gasteiger charge is -2.33. The van der Waals surface area contributed by atoms with Crippen LogP contribution in [-0.4, -0.2) is 58.0 Å². The third-order valence-corrected chi connectivity index (χ3v) is 4.69. The van der Waals surface area contributed by atoms with E-state index in [-0.39, 0.29) is 6.10 Å². The number of imidazole rings is 1. The van der Waals surface area contributed by atoms with Crippen LogP contribution in [0.25, 0.3) is 17.5 Å². The van der Waals surface area contributed by atoms with Crippen LogP contribution in [0.2, 0.25) is 0 Å². The zero-order valence-corrected chi connectivity index (χ0v) is 14.6. The number of rotatable bonds is 6. The molecule has 0 radical (unpaired) electrons. The van der Waals surface area contributed by atoms with Crippen LogP contribution in [0.1, 0.15) is 18.7 Å². The standard InChI is InChI=1S/C18H23N7O/c19-8-13-10-25(5-6-26-13)18-7-15(22-11-23-18)16-9-21-17(24-16)4-3-14(20)12-1-2-12/h3-4,7,9,11-13,20H,1-2,5-6,8,10,19H2,(H,21,24)/b4-3-,20-14?/t13-/m1/s1. The van der Waals surface area contributed by atoms with Crippen molar-refractivity contribution < 1.29 is 4.74 Å². The molecule has 2 aromatic heterocycles. The first-order chi connectivity index (χ1) is 12.7. The van der Waals surface area contributed by atoms with Gasteiger partial charge in [-0.25, -0.2) is 15.0 Å². The lowest BCUT2D eigenvalue weighted by Crippen LogP contribution is -2.46. The lowest BCUT2D eigenvalue weighted by molar-refractivity contribution is 0.0463. The van der Waals surface area contributed by atoms with E-state index in [1.54, 1.807) is 12.5 Å². The van der Waals surface area contributed by atoms with Gasteiger partial charge in [0.25, 0.3) is 0 Å². The van der Waals surface area contributed by atoms with E-state index in [9.17, 15) is 0 Å². The summed E-state index contributed by atoms with van der Waals surface area (Å²) in [4.78, 5) is 18.5. The summed E-state index contributed by atoms with van der Waals surface area (Å²) < 4.78 is 5.61. The van der Waals surface area contributed by atoms with Crippen molar-refractivity contribution in [3.63, 3.8) is 0 Å². The quantitative estimate of drug-likeness (QED) is 0.677. The molecule has 2 aliphatic rings. The molecule has 0 amide bonds. The summed E-state index contributed by atoms with van der Waals surface area (Å²) in [5.41, 5.74) is 8.01. The number of nitrogens with zero attached hydrogens (tertiary/aromatic N) is 4. The molecule has 0 aromatic carbocycles. The van der Waals surface area contributed by atoms with Crippen molar-refractivity contribution in [3.05, 3.63) is 30.5 Å². The van der Waals surface area contributed by atoms with Crippen LogP contribution < -0.4 is 10.6 Å². The van der Waals surface area contributed by atoms with Gasteiger partial charge in [-0.3, -0.25) is 0 Å². The van der Waals surface area contributed by atoms with Crippen molar-refractivity contribution >= 4 is 17.6 Å². The molecular weight excluding hydrogens is 330 g/mol. The smallest absolute Gasteiger partial charge is 0.132 e. The van der Waals surface area contributed by atoms with Crippen LogP contribution in [0.5, 0.6) is 0 Å². The third kappa shape index (κ3) is 3.81. The van der Waals surface area contributed by atoms with Crippen LogP contribution >= 0.6 is 0 Å². The molecule has 1 saturated carbocycles. The summed E-state index contributed by atoms with van der Waals surface area (Å²) in [7, 11) is 0. The van der Waals surface area contributed by atoms with Crippen LogP contribution in [0, 0.1) is 11.3 Å². The van der Waals surface area contributed by atoms with Gasteiger partial charge in [0, 0.05) is 37.3 Å². The molecule has 0 unspecified atom stereocenters. The number of morpholine rings is 1. The van der Waals surface area contributed by atoms with Gasteiger partial charge in [0.15, 0.2) is 0 Å². The molecule has 1 saturated heterocycles. The number of hydrogen-bond acceptors (Lipinski definition) is 7. The van der Waals surface area contributed by atoms with Crippen LogP contribution in [0.3, 0.4) is 0 Å². The SMILES string of the molecule is N=C(/C=C\c1ncc(-c2cc(N3CCO[C@H](CN)C3)ncn2)[nH]1)C1CC1. The minimum Gasteiger partial charge on any atom is -0.373 e. The molecule has 2 fully saturated rings. The molecule has 0 spiro atoms. The highest BCUT2D eigenvalue weighted by atomic mass is 16.5. The van der Waals surface area contributed by atoms with E-state index >= 15 is 0 Å². The highest BCUT2D eigenvalue weighted by molar-refractivity contribution is 5.98. The Morgan fingerprint density at radius 3 is 3.08 bits per heavy atom. The molecule has 8 heteroatoms. The van der Waals surface area contributed by atoms with Crippen molar-refractivity contribution in [2.45, 2.75) is 18.9 Å². The first kappa shape index (κ1) is 16.9. The van der Waals surface area contributed by atoms with Crippen molar-refractivity contribution in [1.82, 2.24) is 19.9 Å². The highest BCUT2D eigenvalue weighted by Crippen LogP contribution is 2.30. The topological polar surface area (TPSA) is 117 Å². The van der Waals surface area contributed by atoms with Gasteiger partial charge in [-0.1, -0.05) is 0 Å². The Balaban J connectivity index is 1.48. The van der Waals surface area contributed by atoms with Gasteiger partial charge < -0.3 is 25.8 Å². The fourth-order valence-corrected chi connectivity index (χ4v) is 2.99. The Morgan fingerprint density at radius 2 is 2.27 bits per heavy atom. The van der Waals surface area contributed by atoms with Crippen molar-refractivity contribution in [2.24, 2.45) is 11.7 Å². The molecule has 26 heavy (non-hydrogen) atoms. The number of ether oxygens (including phenoxy) is 1. The monoisotopic (exact) mass is 353 g/mol. The van der Waals surface area contributed by atoms with Crippen LogP contribution in [0.4, 0.5) is 5.82 Å². The van der Waals surface area contributed by atoms with E-state index in [0.717, 1.165) is 49.0 Å². The molecule has 1 atom stereocenters. The van der Waals surface area contributed by atoms with Gasteiger partial charge in [-0.2, -0.15) is 0 Å². The number of nitrogens with two attached hydrogens (primary N) is 1. The molecule has 3 heterocycles. The highest BCUT2D eigenvalue weighted by Gasteiger charge is 2.24. The minimum absolute atomic E-state index is 0.0350. The number of allylic oxidation sites excluding steroid dienone is 1. The molecule has 1 aliphatic carbocycles. The van der Waals surface area contributed by atoms with Gasteiger partial charge in [0.1, 0.15) is 18.0 Å². The predicted octanol–water partition coefficient (Wildman–Crippen LogP) is 1.47. The van der Waals surface area contributed by atoms with Crippen LogP contribution in [0.15, 0.2) is 24.7 Å². The Labute approximate surface area is 152 Å². The Hall–Kier alpha value is -2.58. The van der Waals surface area contributed by atoms with E-state index in [1.807, 2.05) is 18.2 Å². The molecule has 4 N–H and O–H groups in total. The number of nitrogens with one attached hydrogen (secondary N) is 2. The van der Waals surface area contributed by atoms with Gasteiger partial charge in [-0.15, -0.1) is 0 Å². The molecule has 1 aliphatic heterocycles. The Morgan fingerprint density at radius 1 is 1.38 bits per heavy atom. The zero-order chi connectivity index (χ0) is 17.9. The second kappa shape index (κ2) is 7.35. The zero-order valence-electron chi connectivity index (χ0n) is 14.6. The fraction of sp³-hybridized carbons (Fsp3) is 0.444. The van der Waals surface area contributed by atoms with E-state index in [2.05, 4.69) is 24.8 Å². The average molecular weight is 353 g/mol. The normalized spacial score (nSPS) is 20.7. The van der Waals surface area contributed by atoms with Gasteiger partial charge in [-0.05, 0) is 25.0 Å². The number of aromatic nitrogens is 4. The van der Waals surface area contributed by atoms with Gasteiger partial charge in [0.2, 0.25) is 0 Å². The summed E-state index contributed by atoms with van der Waals surface area (Å²) in [6.07, 6.45) is 9.29. The van der Waals surface area contributed by atoms with Crippen LogP contribution in [-0.2, 0) is 4.74 Å². The molecular formula is C18H23N7O. The van der Waals surface area contributed by atoms with E-state index in [0.29, 0.717) is 24.8 Å². The Bertz CT molecular complexity index is 811. The molecule has 4 rings (SSSR count). The molecule has 136 valence electrons. The summed E-state index contributed by atoms with van der Waals surface area (Å²) in [6, 6.07) is 1.95. The second-order valence-corrected chi connectivity index (χ2v) is 6.68. The lowest BCUT2D eigenvalue weighted by atomic mass is 10.2. The van der Waals surface area contributed by atoms with Crippen molar-refractivity contribution in [1.29, 1.82) is 5.41 Å². The molecule has 0 bridgehead atoms. The number of aromatic amines is 1. The predicted molar refractivity (Wildman–Crippen MR) is 100 cm³/mol. The van der Waals surface area contributed by atoms with Gasteiger partial charge in [0.05, 0.1) is 30.3 Å². The largest absolute Gasteiger partial charge is 0.373 e. The summed E-state index contributed by atoms with van der Waals surface area (Å²) in [6.45, 7) is 2.66. The maximum Gasteiger partial charge on any atom is 0.132 e. The summed E-state index contributed by atoms with van der Waals surface area (Å²) >= 11 is 0. The number of hydrogen-bond donors (Lipinski definition) is 3. The van der Waals surface area contributed by atoms with Crippen molar-refractivity contribution in [3.8, 4) is 11.4 Å². The summed E-state index contributed by atoms with van der Waals surface area (Å²) in [5.74, 6) is 2.02.